The number of amides is 2. The maximum atomic E-state index is 12.0. The average Bonchev–Trinajstić information content (AvgIpc) is 3.03. The fraction of sp³-hybridized carbons (Fsp3) is 0.316. The highest BCUT2D eigenvalue weighted by molar-refractivity contribution is 5.74. The molecule has 1 heterocycles. The van der Waals surface area contributed by atoms with E-state index in [0.29, 0.717) is 6.54 Å². The predicted octanol–water partition coefficient (Wildman–Crippen LogP) is 3.22. The van der Waals surface area contributed by atoms with Crippen LogP contribution in [0.4, 0.5) is 4.79 Å². The SMILES string of the molecule is C[C@@H](NC(=O)NCCc1ccc2c(c1)CCO2)c1ccccc1. The summed E-state index contributed by atoms with van der Waals surface area (Å²) in [4.78, 5) is 12.0. The van der Waals surface area contributed by atoms with Gasteiger partial charge in [0.2, 0.25) is 0 Å². The normalized spacial score (nSPS) is 13.8. The molecule has 0 bridgehead atoms. The molecule has 0 aliphatic carbocycles. The van der Waals surface area contributed by atoms with Crippen LogP contribution >= 0.6 is 0 Å². The van der Waals surface area contributed by atoms with Crippen molar-refractivity contribution in [3.05, 3.63) is 65.2 Å². The number of benzene rings is 2. The summed E-state index contributed by atoms with van der Waals surface area (Å²) in [6.45, 7) is 3.37. The van der Waals surface area contributed by atoms with Gasteiger partial charge in [-0.05, 0) is 36.1 Å². The van der Waals surface area contributed by atoms with Gasteiger partial charge in [0.15, 0.2) is 0 Å². The van der Waals surface area contributed by atoms with E-state index in [1.807, 2.05) is 43.3 Å². The van der Waals surface area contributed by atoms with Crippen LogP contribution in [0.5, 0.6) is 5.75 Å². The smallest absolute Gasteiger partial charge is 0.315 e. The summed E-state index contributed by atoms with van der Waals surface area (Å²) in [5.41, 5.74) is 3.59. The minimum atomic E-state index is -0.133. The lowest BCUT2D eigenvalue weighted by atomic mass is 10.1. The lowest BCUT2D eigenvalue weighted by molar-refractivity contribution is 0.238. The fourth-order valence-corrected chi connectivity index (χ4v) is 2.79. The van der Waals surface area contributed by atoms with Gasteiger partial charge in [0, 0.05) is 13.0 Å². The Kier molecular flexibility index (Phi) is 4.81. The predicted molar refractivity (Wildman–Crippen MR) is 90.7 cm³/mol. The second-order valence-electron chi connectivity index (χ2n) is 5.82. The van der Waals surface area contributed by atoms with Crippen LogP contribution in [0, 0.1) is 0 Å². The first-order valence-electron chi connectivity index (χ1n) is 8.06. The number of ether oxygens (including phenoxy) is 1. The molecule has 0 spiro atoms. The molecular weight excluding hydrogens is 288 g/mol. The first kappa shape index (κ1) is 15.4. The lowest BCUT2D eigenvalue weighted by Gasteiger charge is -2.15. The van der Waals surface area contributed by atoms with Crippen LogP contribution in [0.15, 0.2) is 48.5 Å². The van der Waals surface area contributed by atoms with Crippen molar-refractivity contribution in [3.63, 3.8) is 0 Å². The number of fused-ring (bicyclic) bond motifs is 1. The third-order valence-corrected chi connectivity index (χ3v) is 4.10. The Hall–Kier alpha value is -2.49. The first-order chi connectivity index (χ1) is 11.2. The molecule has 0 fully saturated rings. The minimum Gasteiger partial charge on any atom is -0.493 e. The molecule has 0 aromatic heterocycles. The van der Waals surface area contributed by atoms with Crippen LogP contribution in [0.25, 0.3) is 0 Å². The molecular formula is C19H22N2O2. The molecule has 120 valence electrons. The number of nitrogens with one attached hydrogen (secondary N) is 2. The number of rotatable bonds is 5. The van der Waals surface area contributed by atoms with Crippen LogP contribution in [0.3, 0.4) is 0 Å². The summed E-state index contributed by atoms with van der Waals surface area (Å²) >= 11 is 0. The quantitative estimate of drug-likeness (QED) is 0.891. The molecule has 23 heavy (non-hydrogen) atoms. The molecule has 2 amide bonds. The molecule has 3 rings (SSSR count). The summed E-state index contributed by atoms with van der Waals surface area (Å²) in [6, 6.07) is 16.1. The molecule has 2 aromatic carbocycles. The Labute approximate surface area is 136 Å². The van der Waals surface area contributed by atoms with Gasteiger partial charge in [0.05, 0.1) is 12.6 Å². The maximum Gasteiger partial charge on any atom is 0.315 e. The Morgan fingerprint density at radius 1 is 1.22 bits per heavy atom. The zero-order valence-electron chi connectivity index (χ0n) is 13.3. The highest BCUT2D eigenvalue weighted by Gasteiger charge is 2.12. The Morgan fingerprint density at radius 3 is 2.87 bits per heavy atom. The van der Waals surface area contributed by atoms with Crippen molar-refractivity contribution in [3.8, 4) is 5.75 Å². The second kappa shape index (κ2) is 7.18. The minimum absolute atomic E-state index is 0.00616. The van der Waals surface area contributed by atoms with Gasteiger partial charge in [-0.25, -0.2) is 4.79 Å². The van der Waals surface area contributed by atoms with E-state index in [1.54, 1.807) is 0 Å². The van der Waals surface area contributed by atoms with Crippen molar-refractivity contribution in [2.45, 2.75) is 25.8 Å². The molecule has 1 aliphatic rings. The maximum absolute atomic E-state index is 12.0. The molecule has 0 radical (unpaired) electrons. The van der Waals surface area contributed by atoms with Gasteiger partial charge in [-0.2, -0.15) is 0 Å². The largest absolute Gasteiger partial charge is 0.493 e. The van der Waals surface area contributed by atoms with Crippen LogP contribution in [-0.4, -0.2) is 19.2 Å². The van der Waals surface area contributed by atoms with Crippen LogP contribution < -0.4 is 15.4 Å². The molecule has 2 aromatic rings. The molecule has 0 saturated carbocycles. The summed E-state index contributed by atoms with van der Waals surface area (Å²) in [6.07, 6.45) is 1.80. The van der Waals surface area contributed by atoms with E-state index in [-0.39, 0.29) is 12.1 Å². The van der Waals surface area contributed by atoms with Gasteiger partial charge < -0.3 is 15.4 Å². The van der Waals surface area contributed by atoms with Gasteiger partial charge in [-0.1, -0.05) is 42.5 Å². The van der Waals surface area contributed by atoms with E-state index in [4.69, 9.17) is 4.74 Å². The van der Waals surface area contributed by atoms with Crippen molar-refractivity contribution in [1.82, 2.24) is 10.6 Å². The van der Waals surface area contributed by atoms with Crippen molar-refractivity contribution in [2.75, 3.05) is 13.2 Å². The van der Waals surface area contributed by atoms with Crippen LogP contribution in [0.1, 0.15) is 29.7 Å². The lowest BCUT2D eigenvalue weighted by Crippen LogP contribution is -2.38. The highest BCUT2D eigenvalue weighted by atomic mass is 16.5. The van der Waals surface area contributed by atoms with E-state index < -0.39 is 0 Å². The standard InChI is InChI=1S/C19H22N2O2/c1-14(16-5-3-2-4-6-16)21-19(22)20-11-9-15-7-8-18-17(13-15)10-12-23-18/h2-8,13-14H,9-12H2,1H3,(H2,20,21,22)/t14-/m1/s1. The van der Waals surface area contributed by atoms with E-state index in [1.165, 1.54) is 11.1 Å². The molecule has 1 aliphatic heterocycles. The molecule has 2 N–H and O–H groups in total. The zero-order valence-corrected chi connectivity index (χ0v) is 13.3. The van der Waals surface area contributed by atoms with E-state index in [0.717, 1.165) is 30.8 Å². The summed E-state index contributed by atoms with van der Waals surface area (Å²) in [7, 11) is 0. The van der Waals surface area contributed by atoms with Gasteiger partial charge in [0.25, 0.3) is 0 Å². The Bertz CT molecular complexity index is 670. The summed E-state index contributed by atoms with van der Waals surface area (Å²) in [5.74, 6) is 0.996. The highest BCUT2D eigenvalue weighted by Crippen LogP contribution is 2.25. The monoisotopic (exact) mass is 310 g/mol. The van der Waals surface area contributed by atoms with E-state index >= 15 is 0 Å². The number of hydrogen-bond acceptors (Lipinski definition) is 2. The van der Waals surface area contributed by atoms with Gasteiger partial charge >= 0.3 is 6.03 Å². The molecule has 4 nitrogen and oxygen atoms in total. The average molecular weight is 310 g/mol. The Balaban J connectivity index is 1.44. The molecule has 1 atom stereocenters. The number of urea groups is 1. The van der Waals surface area contributed by atoms with Gasteiger partial charge in [-0.3, -0.25) is 0 Å². The van der Waals surface area contributed by atoms with Gasteiger partial charge in [0.1, 0.15) is 5.75 Å². The van der Waals surface area contributed by atoms with Crippen molar-refractivity contribution in [2.24, 2.45) is 0 Å². The number of carbonyl (C=O) groups is 1. The van der Waals surface area contributed by atoms with Crippen LogP contribution in [-0.2, 0) is 12.8 Å². The van der Waals surface area contributed by atoms with Crippen molar-refractivity contribution in [1.29, 1.82) is 0 Å². The second-order valence-corrected chi connectivity index (χ2v) is 5.82. The molecule has 4 heteroatoms. The van der Waals surface area contributed by atoms with Crippen LogP contribution in [0.2, 0.25) is 0 Å². The first-order valence-corrected chi connectivity index (χ1v) is 8.06. The third kappa shape index (κ3) is 4.03. The van der Waals surface area contributed by atoms with E-state index in [9.17, 15) is 4.79 Å². The zero-order chi connectivity index (χ0) is 16.1. The summed E-state index contributed by atoms with van der Waals surface area (Å²) < 4.78 is 5.50. The topological polar surface area (TPSA) is 50.4 Å². The number of hydrogen-bond donors (Lipinski definition) is 2. The Morgan fingerprint density at radius 2 is 2.04 bits per heavy atom. The number of carbonyl (C=O) groups excluding carboxylic acids is 1. The third-order valence-electron chi connectivity index (χ3n) is 4.10. The molecule has 0 saturated heterocycles. The van der Waals surface area contributed by atoms with Crippen molar-refractivity contribution >= 4 is 6.03 Å². The van der Waals surface area contributed by atoms with Crippen molar-refractivity contribution < 1.29 is 9.53 Å². The molecule has 0 unspecified atom stereocenters. The summed E-state index contributed by atoms with van der Waals surface area (Å²) in [5, 5.41) is 5.87. The fourth-order valence-electron chi connectivity index (χ4n) is 2.79. The van der Waals surface area contributed by atoms with Gasteiger partial charge in [-0.15, -0.1) is 0 Å². The van der Waals surface area contributed by atoms with E-state index in [2.05, 4.69) is 22.8 Å².